The van der Waals surface area contributed by atoms with Crippen molar-refractivity contribution in [1.82, 2.24) is 10.3 Å². The first-order valence-electron chi connectivity index (χ1n) is 7.83. The van der Waals surface area contributed by atoms with Gasteiger partial charge in [-0.25, -0.2) is 4.98 Å². The molecule has 0 atom stereocenters. The molecule has 0 unspecified atom stereocenters. The Morgan fingerprint density at radius 3 is 3.00 bits per heavy atom. The van der Waals surface area contributed by atoms with E-state index in [-0.39, 0.29) is 12.7 Å². The van der Waals surface area contributed by atoms with Crippen LogP contribution in [0.5, 0.6) is 11.5 Å². The minimum Gasteiger partial charge on any atom is -0.454 e. The van der Waals surface area contributed by atoms with Crippen molar-refractivity contribution in [3.8, 4) is 11.5 Å². The van der Waals surface area contributed by atoms with Crippen LogP contribution in [0.15, 0.2) is 23.6 Å². The number of nitrogens with one attached hydrogen (secondary N) is 1. The number of rotatable bonds is 7. The molecular formula is C17H20N2O3S. The van der Waals surface area contributed by atoms with Crippen molar-refractivity contribution in [3.63, 3.8) is 0 Å². The van der Waals surface area contributed by atoms with Gasteiger partial charge in [0.05, 0.1) is 10.7 Å². The molecule has 3 rings (SSSR count). The second kappa shape index (κ2) is 7.46. The molecule has 1 amide bonds. The van der Waals surface area contributed by atoms with E-state index in [0.29, 0.717) is 19.4 Å². The van der Waals surface area contributed by atoms with Crippen molar-refractivity contribution in [2.24, 2.45) is 0 Å². The fourth-order valence-corrected chi connectivity index (χ4v) is 3.26. The number of hydrogen-bond donors (Lipinski definition) is 1. The first-order chi connectivity index (χ1) is 11.2. The van der Waals surface area contributed by atoms with Crippen LogP contribution < -0.4 is 14.8 Å². The predicted octanol–water partition coefficient (Wildman–Crippen LogP) is 2.73. The van der Waals surface area contributed by atoms with Crippen molar-refractivity contribution in [1.29, 1.82) is 0 Å². The molecule has 0 saturated heterocycles. The highest BCUT2D eigenvalue weighted by Gasteiger charge is 2.13. The van der Waals surface area contributed by atoms with Crippen LogP contribution >= 0.6 is 11.3 Å². The van der Waals surface area contributed by atoms with E-state index in [9.17, 15) is 4.79 Å². The number of carbonyl (C=O) groups excluding carboxylic acids is 1. The second-order valence-electron chi connectivity index (χ2n) is 5.37. The van der Waals surface area contributed by atoms with E-state index in [1.165, 1.54) is 0 Å². The van der Waals surface area contributed by atoms with Gasteiger partial charge in [0.2, 0.25) is 12.7 Å². The summed E-state index contributed by atoms with van der Waals surface area (Å²) in [5.74, 6) is 1.60. The maximum Gasteiger partial charge on any atom is 0.231 e. The van der Waals surface area contributed by atoms with E-state index in [1.54, 1.807) is 11.3 Å². The summed E-state index contributed by atoms with van der Waals surface area (Å²) in [6, 6.07) is 5.81. The van der Waals surface area contributed by atoms with E-state index >= 15 is 0 Å². The number of carbonyl (C=O) groups is 1. The summed E-state index contributed by atoms with van der Waals surface area (Å²) in [6.07, 6.45) is 2.91. The Hall–Kier alpha value is -2.08. The molecule has 6 heteroatoms. The van der Waals surface area contributed by atoms with E-state index in [0.717, 1.165) is 40.6 Å². The molecule has 0 spiro atoms. The Balaban J connectivity index is 1.39. The molecule has 1 N–H and O–H groups in total. The highest BCUT2D eigenvalue weighted by Crippen LogP contribution is 2.32. The van der Waals surface area contributed by atoms with Gasteiger partial charge < -0.3 is 14.8 Å². The smallest absolute Gasteiger partial charge is 0.231 e. The van der Waals surface area contributed by atoms with Gasteiger partial charge in [0.15, 0.2) is 11.5 Å². The largest absolute Gasteiger partial charge is 0.454 e. The zero-order chi connectivity index (χ0) is 16.1. The summed E-state index contributed by atoms with van der Waals surface area (Å²) in [5, 5.41) is 6.11. The van der Waals surface area contributed by atoms with Gasteiger partial charge in [-0.15, -0.1) is 11.3 Å². The molecule has 0 bridgehead atoms. The number of thiazole rings is 1. The van der Waals surface area contributed by atoms with Crippen LogP contribution in [-0.2, 0) is 24.1 Å². The third-order valence-corrected chi connectivity index (χ3v) is 4.66. The molecule has 122 valence electrons. The molecule has 23 heavy (non-hydrogen) atoms. The van der Waals surface area contributed by atoms with Crippen molar-refractivity contribution in [3.05, 3.63) is 39.8 Å². The van der Waals surface area contributed by atoms with E-state index in [1.807, 2.05) is 18.2 Å². The lowest BCUT2D eigenvalue weighted by molar-refractivity contribution is -0.121. The topological polar surface area (TPSA) is 60.5 Å². The molecule has 0 fully saturated rings. The van der Waals surface area contributed by atoms with Gasteiger partial charge in [0.25, 0.3) is 0 Å². The Morgan fingerprint density at radius 2 is 2.17 bits per heavy atom. The van der Waals surface area contributed by atoms with Crippen LogP contribution in [0, 0.1) is 0 Å². The third-order valence-electron chi connectivity index (χ3n) is 3.70. The third kappa shape index (κ3) is 4.22. The molecule has 2 aromatic rings. The zero-order valence-electron chi connectivity index (χ0n) is 13.1. The molecule has 0 saturated carbocycles. The Labute approximate surface area is 139 Å². The monoisotopic (exact) mass is 332 g/mol. The van der Waals surface area contributed by atoms with Crippen molar-refractivity contribution in [2.75, 3.05) is 13.3 Å². The van der Waals surface area contributed by atoms with Gasteiger partial charge in [-0.2, -0.15) is 0 Å². The molecule has 1 aromatic heterocycles. The number of fused-ring (bicyclic) bond motifs is 1. The van der Waals surface area contributed by atoms with Gasteiger partial charge in [-0.3, -0.25) is 4.79 Å². The number of ether oxygens (including phenoxy) is 2. The second-order valence-corrected chi connectivity index (χ2v) is 6.32. The van der Waals surface area contributed by atoms with Crippen molar-refractivity contribution >= 4 is 17.2 Å². The van der Waals surface area contributed by atoms with Crippen LogP contribution in [0.4, 0.5) is 0 Å². The quantitative estimate of drug-likeness (QED) is 0.847. The number of nitrogens with zero attached hydrogens (tertiary/aromatic N) is 1. The Bertz CT molecular complexity index is 684. The molecule has 0 aliphatic carbocycles. The summed E-state index contributed by atoms with van der Waals surface area (Å²) >= 11 is 1.66. The lowest BCUT2D eigenvalue weighted by Crippen LogP contribution is -2.25. The minimum atomic E-state index is 0.0648. The van der Waals surface area contributed by atoms with Crippen molar-refractivity contribution in [2.45, 2.75) is 32.6 Å². The summed E-state index contributed by atoms with van der Waals surface area (Å²) in [4.78, 5) is 16.4. The van der Waals surface area contributed by atoms with Gasteiger partial charge >= 0.3 is 0 Å². The van der Waals surface area contributed by atoms with E-state index in [4.69, 9.17) is 9.47 Å². The number of benzene rings is 1. The summed E-state index contributed by atoms with van der Waals surface area (Å²) in [6.45, 7) is 3.00. The fourth-order valence-electron chi connectivity index (χ4n) is 2.38. The number of hydrogen-bond acceptors (Lipinski definition) is 5. The highest BCUT2D eigenvalue weighted by molar-refractivity contribution is 7.09. The maximum absolute atomic E-state index is 11.9. The van der Waals surface area contributed by atoms with Crippen LogP contribution in [-0.4, -0.2) is 24.2 Å². The van der Waals surface area contributed by atoms with Crippen LogP contribution in [0.2, 0.25) is 0 Å². The first kappa shape index (κ1) is 15.8. The van der Waals surface area contributed by atoms with Gasteiger partial charge in [0, 0.05) is 24.8 Å². The fraction of sp³-hybridized carbons (Fsp3) is 0.412. The van der Waals surface area contributed by atoms with Crippen LogP contribution in [0.25, 0.3) is 0 Å². The molecule has 1 aromatic carbocycles. The molecule has 1 aliphatic heterocycles. The molecular weight excluding hydrogens is 312 g/mol. The Kier molecular flexibility index (Phi) is 5.12. The van der Waals surface area contributed by atoms with Gasteiger partial charge in [0.1, 0.15) is 0 Å². The normalized spacial score (nSPS) is 12.4. The first-order valence-corrected chi connectivity index (χ1v) is 8.71. The number of amides is 1. The summed E-state index contributed by atoms with van der Waals surface area (Å²) < 4.78 is 10.6. The summed E-state index contributed by atoms with van der Waals surface area (Å²) in [7, 11) is 0. The molecule has 0 radical (unpaired) electrons. The molecule has 5 nitrogen and oxygen atoms in total. The predicted molar refractivity (Wildman–Crippen MR) is 89.1 cm³/mol. The van der Waals surface area contributed by atoms with Crippen LogP contribution in [0.1, 0.15) is 29.6 Å². The van der Waals surface area contributed by atoms with E-state index < -0.39 is 0 Å². The lowest BCUT2D eigenvalue weighted by Gasteiger charge is -2.05. The molecule has 1 aliphatic rings. The number of aromatic nitrogens is 1. The highest BCUT2D eigenvalue weighted by atomic mass is 32.1. The average Bonchev–Trinajstić information content (AvgIpc) is 3.21. The van der Waals surface area contributed by atoms with Gasteiger partial charge in [-0.05, 0) is 30.5 Å². The average molecular weight is 332 g/mol. The summed E-state index contributed by atoms with van der Waals surface area (Å²) in [5.41, 5.74) is 2.20. The van der Waals surface area contributed by atoms with Crippen molar-refractivity contribution < 1.29 is 14.3 Å². The Morgan fingerprint density at radius 1 is 1.30 bits per heavy atom. The van der Waals surface area contributed by atoms with Gasteiger partial charge in [-0.1, -0.05) is 13.0 Å². The van der Waals surface area contributed by atoms with Crippen LogP contribution in [0.3, 0.4) is 0 Å². The molecule has 2 heterocycles. The standard InChI is InChI=1S/C17H20N2O3S/c1-2-13-10-23-17(19-13)7-8-18-16(20)6-4-12-3-5-14-15(9-12)22-11-21-14/h3,5,9-10H,2,4,6-8,11H2,1H3,(H,18,20). The minimum absolute atomic E-state index is 0.0648. The lowest BCUT2D eigenvalue weighted by atomic mass is 10.1. The number of aryl methyl sites for hydroxylation is 2. The van der Waals surface area contributed by atoms with E-state index in [2.05, 4.69) is 22.6 Å². The maximum atomic E-state index is 11.9. The SMILES string of the molecule is CCc1csc(CCNC(=O)CCc2ccc3c(c2)OCO3)n1. The zero-order valence-corrected chi connectivity index (χ0v) is 13.9.